The van der Waals surface area contributed by atoms with Crippen molar-refractivity contribution in [1.82, 2.24) is 4.90 Å². The molecule has 1 aromatic carbocycles. The lowest BCUT2D eigenvalue weighted by atomic mass is 10.1. The molecule has 1 aromatic rings. The van der Waals surface area contributed by atoms with Gasteiger partial charge in [-0.05, 0) is 12.5 Å². The predicted molar refractivity (Wildman–Crippen MR) is 92.3 cm³/mol. The summed E-state index contributed by atoms with van der Waals surface area (Å²) < 4.78 is 16.0. The van der Waals surface area contributed by atoms with Crippen LogP contribution in [0.1, 0.15) is 30.7 Å². The first-order chi connectivity index (χ1) is 11.6. The molecule has 7 heteroatoms. The van der Waals surface area contributed by atoms with E-state index in [0.717, 1.165) is 18.4 Å². The summed E-state index contributed by atoms with van der Waals surface area (Å²) in [5.41, 5.74) is 0.814. The number of ether oxygens (including phenoxy) is 3. The van der Waals surface area contributed by atoms with Crippen LogP contribution in [0.25, 0.3) is 0 Å². The highest BCUT2D eigenvalue weighted by Gasteiger charge is 2.36. The fourth-order valence-electron chi connectivity index (χ4n) is 2.50. The zero-order valence-electron chi connectivity index (χ0n) is 14.2. The summed E-state index contributed by atoms with van der Waals surface area (Å²) in [5, 5.41) is -0.290. The Balaban J connectivity index is 2.17. The number of unbranched alkanes of at least 4 members (excludes halogenated alkanes) is 1. The summed E-state index contributed by atoms with van der Waals surface area (Å²) in [6.07, 6.45) is 1.77. The Bertz CT molecular complexity index is 592. The van der Waals surface area contributed by atoms with Crippen LogP contribution in [0.15, 0.2) is 18.2 Å². The Labute approximate surface area is 146 Å². The van der Waals surface area contributed by atoms with Crippen molar-refractivity contribution in [3.63, 3.8) is 0 Å². The van der Waals surface area contributed by atoms with Gasteiger partial charge in [0.15, 0.2) is 11.5 Å². The van der Waals surface area contributed by atoms with E-state index >= 15 is 0 Å². The third kappa shape index (κ3) is 4.14. The van der Waals surface area contributed by atoms with Gasteiger partial charge in [-0.15, -0.1) is 11.8 Å². The van der Waals surface area contributed by atoms with Crippen molar-refractivity contribution in [2.45, 2.75) is 25.1 Å². The van der Waals surface area contributed by atoms with Gasteiger partial charge in [0.1, 0.15) is 11.9 Å². The fourth-order valence-corrected chi connectivity index (χ4v) is 3.71. The molecule has 0 bridgehead atoms. The molecule has 24 heavy (non-hydrogen) atoms. The molecular weight excluding hydrogens is 330 g/mol. The van der Waals surface area contributed by atoms with Crippen molar-refractivity contribution >= 4 is 23.6 Å². The van der Waals surface area contributed by atoms with E-state index in [1.807, 2.05) is 19.1 Å². The lowest BCUT2D eigenvalue weighted by Gasteiger charge is -2.25. The molecule has 0 radical (unpaired) electrons. The first-order valence-electron chi connectivity index (χ1n) is 7.90. The van der Waals surface area contributed by atoms with Crippen LogP contribution in [0.4, 0.5) is 0 Å². The molecule has 2 rings (SSSR count). The van der Waals surface area contributed by atoms with E-state index in [1.54, 1.807) is 20.3 Å². The predicted octanol–water partition coefficient (Wildman–Crippen LogP) is 2.62. The van der Waals surface area contributed by atoms with Gasteiger partial charge in [0, 0.05) is 5.56 Å². The molecule has 0 N–H and O–H groups in total. The van der Waals surface area contributed by atoms with E-state index in [-0.39, 0.29) is 23.8 Å². The lowest BCUT2D eigenvalue weighted by Crippen LogP contribution is -2.34. The summed E-state index contributed by atoms with van der Waals surface area (Å²) >= 11 is 1.46. The number of methoxy groups -OCH3 is 2. The van der Waals surface area contributed by atoms with Crippen LogP contribution in [0, 0.1) is 0 Å². The number of thioether (sulfide) groups is 1. The smallest absolute Gasteiger partial charge is 0.325 e. The second-order valence-electron chi connectivity index (χ2n) is 5.34. The number of amides is 1. The Kier molecular flexibility index (Phi) is 6.78. The molecule has 1 atom stereocenters. The van der Waals surface area contributed by atoms with E-state index in [0.29, 0.717) is 23.9 Å². The maximum absolute atomic E-state index is 12.2. The number of hydrogen-bond acceptors (Lipinski definition) is 6. The van der Waals surface area contributed by atoms with Gasteiger partial charge >= 0.3 is 5.97 Å². The normalized spacial score (nSPS) is 17.0. The Morgan fingerprint density at radius 2 is 2.12 bits per heavy atom. The van der Waals surface area contributed by atoms with E-state index < -0.39 is 0 Å². The van der Waals surface area contributed by atoms with Crippen molar-refractivity contribution in [3.05, 3.63) is 23.8 Å². The van der Waals surface area contributed by atoms with Crippen molar-refractivity contribution in [1.29, 1.82) is 0 Å². The van der Waals surface area contributed by atoms with Gasteiger partial charge in [0.2, 0.25) is 5.91 Å². The second-order valence-corrected chi connectivity index (χ2v) is 6.41. The maximum atomic E-state index is 12.2. The number of esters is 1. The van der Waals surface area contributed by atoms with Gasteiger partial charge in [0.05, 0.1) is 26.6 Å². The first-order valence-corrected chi connectivity index (χ1v) is 8.94. The van der Waals surface area contributed by atoms with Crippen molar-refractivity contribution in [2.24, 2.45) is 0 Å². The summed E-state index contributed by atoms with van der Waals surface area (Å²) in [6, 6.07) is 5.53. The number of benzene rings is 1. The molecule has 0 saturated carbocycles. The molecule has 1 heterocycles. The Morgan fingerprint density at radius 1 is 1.33 bits per heavy atom. The van der Waals surface area contributed by atoms with Crippen molar-refractivity contribution in [2.75, 3.05) is 33.1 Å². The number of rotatable bonds is 8. The highest BCUT2D eigenvalue weighted by molar-refractivity contribution is 8.00. The van der Waals surface area contributed by atoms with Gasteiger partial charge in [-0.2, -0.15) is 0 Å². The van der Waals surface area contributed by atoms with Gasteiger partial charge in [-0.1, -0.05) is 25.5 Å². The average Bonchev–Trinajstić information content (AvgIpc) is 2.94. The first kappa shape index (κ1) is 18.4. The maximum Gasteiger partial charge on any atom is 0.325 e. The number of carbonyl (C=O) groups excluding carboxylic acids is 2. The van der Waals surface area contributed by atoms with E-state index in [9.17, 15) is 9.59 Å². The third-order valence-electron chi connectivity index (χ3n) is 3.73. The zero-order chi connectivity index (χ0) is 17.5. The Hall–Kier alpha value is -1.89. The summed E-state index contributed by atoms with van der Waals surface area (Å²) in [6.45, 7) is 2.36. The molecule has 1 amide bonds. The number of carbonyl (C=O) groups is 2. The molecule has 0 aliphatic carbocycles. The molecule has 0 aromatic heterocycles. The minimum absolute atomic E-state index is 0.0550. The van der Waals surface area contributed by atoms with Crippen LogP contribution < -0.4 is 9.47 Å². The van der Waals surface area contributed by atoms with Crippen LogP contribution in [-0.2, 0) is 14.3 Å². The number of hydrogen-bond donors (Lipinski definition) is 0. The lowest BCUT2D eigenvalue weighted by molar-refractivity contribution is -0.148. The van der Waals surface area contributed by atoms with Crippen LogP contribution in [-0.4, -0.2) is 49.9 Å². The molecule has 132 valence electrons. The molecule has 1 unspecified atom stereocenters. The third-order valence-corrected chi connectivity index (χ3v) is 4.97. The van der Waals surface area contributed by atoms with E-state index in [1.165, 1.54) is 16.7 Å². The minimum Gasteiger partial charge on any atom is -0.493 e. The van der Waals surface area contributed by atoms with Crippen LogP contribution in [0.3, 0.4) is 0 Å². The molecule has 1 fully saturated rings. The van der Waals surface area contributed by atoms with Gasteiger partial charge in [0.25, 0.3) is 0 Å². The zero-order valence-corrected chi connectivity index (χ0v) is 15.1. The average molecular weight is 353 g/mol. The number of nitrogens with zero attached hydrogens (tertiary/aromatic N) is 1. The number of para-hydroxylation sites is 1. The highest BCUT2D eigenvalue weighted by atomic mass is 32.2. The van der Waals surface area contributed by atoms with Crippen molar-refractivity contribution in [3.8, 4) is 11.5 Å². The molecular formula is C17H23NO5S. The molecule has 6 nitrogen and oxygen atoms in total. The van der Waals surface area contributed by atoms with E-state index in [2.05, 4.69) is 0 Å². The van der Waals surface area contributed by atoms with Crippen LogP contribution in [0.5, 0.6) is 11.5 Å². The van der Waals surface area contributed by atoms with Gasteiger partial charge < -0.3 is 19.1 Å². The quantitative estimate of drug-likeness (QED) is 0.529. The largest absolute Gasteiger partial charge is 0.493 e. The summed E-state index contributed by atoms with van der Waals surface area (Å²) in [4.78, 5) is 25.7. The van der Waals surface area contributed by atoms with Gasteiger partial charge in [-0.25, -0.2) is 0 Å². The van der Waals surface area contributed by atoms with E-state index in [4.69, 9.17) is 14.2 Å². The van der Waals surface area contributed by atoms with Gasteiger partial charge in [-0.3, -0.25) is 9.59 Å². The van der Waals surface area contributed by atoms with Crippen LogP contribution >= 0.6 is 11.8 Å². The Morgan fingerprint density at radius 3 is 2.79 bits per heavy atom. The van der Waals surface area contributed by atoms with Crippen molar-refractivity contribution < 1.29 is 23.8 Å². The molecule has 1 aliphatic rings. The minimum atomic E-state index is -0.383. The molecule has 1 saturated heterocycles. The van der Waals surface area contributed by atoms with Crippen LogP contribution in [0.2, 0.25) is 0 Å². The standard InChI is InChI=1S/C17H23NO5S/c1-4-5-9-23-15(20)10-18-14(19)11-24-17(18)12-7-6-8-13(21-2)16(12)22-3/h6-8,17H,4-5,9-11H2,1-3H3. The fraction of sp³-hybridized carbons (Fsp3) is 0.529. The monoisotopic (exact) mass is 353 g/mol. The molecule has 1 aliphatic heterocycles. The highest BCUT2D eigenvalue weighted by Crippen LogP contribution is 2.45. The second kappa shape index (κ2) is 8.82. The SMILES string of the molecule is CCCCOC(=O)CN1C(=O)CSC1c1cccc(OC)c1OC. The summed E-state index contributed by atoms with van der Waals surface area (Å²) in [5.74, 6) is 1.04. The summed E-state index contributed by atoms with van der Waals surface area (Å²) in [7, 11) is 3.13. The molecule has 0 spiro atoms. The topological polar surface area (TPSA) is 65.1 Å².